The molecule has 0 amide bonds. The molecule has 110 valence electrons. The first-order chi connectivity index (χ1) is 9.88. The number of carboxylic acid groups (broad SMARTS) is 1. The van der Waals surface area contributed by atoms with Crippen molar-refractivity contribution in [3.05, 3.63) is 58.6 Å². The van der Waals surface area contributed by atoms with E-state index in [1.54, 1.807) is 19.1 Å². The highest BCUT2D eigenvalue weighted by atomic mass is 35.5. The topological polar surface area (TPSA) is 37.3 Å². The Kier molecular flexibility index (Phi) is 4.58. The Morgan fingerprint density at radius 3 is 2.48 bits per heavy atom. The molecule has 2 rings (SSSR count). The van der Waals surface area contributed by atoms with Crippen LogP contribution in [-0.2, 0) is 4.79 Å². The zero-order valence-corrected chi connectivity index (χ0v) is 12.0. The zero-order valence-electron chi connectivity index (χ0n) is 11.2. The maximum absolute atomic E-state index is 14.0. The fourth-order valence-corrected chi connectivity index (χ4v) is 2.29. The molecule has 2 nitrogen and oxygen atoms in total. The zero-order chi connectivity index (χ0) is 15.6. The number of benzene rings is 2. The lowest BCUT2D eigenvalue weighted by Gasteiger charge is -2.12. The van der Waals surface area contributed by atoms with Crippen LogP contribution < -0.4 is 0 Å². The molecule has 0 bridgehead atoms. The molecular formula is C16H13ClF2O2. The molecule has 1 atom stereocenters. The first-order valence-corrected chi connectivity index (χ1v) is 6.73. The second-order valence-corrected chi connectivity index (χ2v) is 5.27. The molecule has 1 unspecified atom stereocenters. The van der Waals surface area contributed by atoms with E-state index >= 15 is 0 Å². The van der Waals surface area contributed by atoms with E-state index in [0.29, 0.717) is 11.1 Å². The van der Waals surface area contributed by atoms with Gasteiger partial charge in [-0.15, -0.1) is 0 Å². The minimum absolute atomic E-state index is 0.0464. The molecule has 0 fully saturated rings. The molecule has 0 aliphatic carbocycles. The highest BCUT2D eigenvalue weighted by Gasteiger charge is 2.14. The fraction of sp³-hybridized carbons (Fsp3) is 0.188. The second kappa shape index (κ2) is 6.22. The summed E-state index contributed by atoms with van der Waals surface area (Å²) in [5.41, 5.74) is 1.42. The summed E-state index contributed by atoms with van der Waals surface area (Å²) in [6.07, 6.45) is -0.0464. The van der Waals surface area contributed by atoms with Crippen molar-refractivity contribution in [3.63, 3.8) is 0 Å². The Hall–Kier alpha value is -1.94. The van der Waals surface area contributed by atoms with E-state index in [4.69, 9.17) is 16.7 Å². The first kappa shape index (κ1) is 15.4. The number of aliphatic carboxylic acids is 1. The summed E-state index contributed by atoms with van der Waals surface area (Å²) < 4.78 is 27.1. The van der Waals surface area contributed by atoms with E-state index in [1.165, 1.54) is 24.3 Å². The molecule has 0 spiro atoms. The van der Waals surface area contributed by atoms with Crippen LogP contribution in [0.2, 0.25) is 5.02 Å². The van der Waals surface area contributed by atoms with Crippen LogP contribution in [0.1, 0.15) is 24.8 Å². The van der Waals surface area contributed by atoms with Gasteiger partial charge in [0.15, 0.2) is 0 Å². The van der Waals surface area contributed by atoms with Crippen LogP contribution in [-0.4, -0.2) is 11.1 Å². The minimum atomic E-state index is -0.918. The van der Waals surface area contributed by atoms with Gasteiger partial charge in [-0.2, -0.15) is 0 Å². The number of carboxylic acids is 1. The van der Waals surface area contributed by atoms with Crippen molar-refractivity contribution in [3.8, 4) is 11.1 Å². The lowest BCUT2D eigenvalue weighted by atomic mass is 9.94. The predicted molar refractivity (Wildman–Crippen MR) is 77.5 cm³/mol. The maximum Gasteiger partial charge on any atom is 0.303 e. The van der Waals surface area contributed by atoms with Crippen LogP contribution in [0.15, 0.2) is 36.4 Å². The number of rotatable bonds is 4. The quantitative estimate of drug-likeness (QED) is 0.875. The Balaban J connectivity index is 2.43. The van der Waals surface area contributed by atoms with Crippen LogP contribution in [0, 0.1) is 11.6 Å². The second-order valence-electron chi connectivity index (χ2n) is 4.87. The van der Waals surface area contributed by atoms with Gasteiger partial charge in [-0.05, 0) is 41.3 Å². The third kappa shape index (κ3) is 3.58. The summed E-state index contributed by atoms with van der Waals surface area (Å²) in [4.78, 5) is 10.8. The van der Waals surface area contributed by atoms with Gasteiger partial charge in [0.25, 0.3) is 0 Å². The van der Waals surface area contributed by atoms with Crippen LogP contribution in [0.4, 0.5) is 8.78 Å². The lowest BCUT2D eigenvalue weighted by molar-refractivity contribution is -0.137. The smallest absolute Gasteiger partial charge is 0.303 e. The molecule has 0 aliphatic rings. The average Bonchev–Trinajstić information content (AvgIpc) is 2.41. The van der Waals surface area contributed by atoms with Crippen LogP contribution >= 0.6 is 11.6 Å². The Bertz CT molecular complexity index is 686. The van der Waals surface area contributed by atoms with Crippen molar-refractivity contribution in [1.82, 2.24) is 0 Å². The summed E-state index contributed by atoms with van der Waals surface area (Å²) in [5, 5.41) is 8.73. The maximum atomic E-state index is 14.0. The van der Waals surface area contributed by atoms with Gasteiger partial charge in [0, 0.05) is 5.56 Å². The highest BCUT2D eigenvalue weighted by Crippen LogP contribution is 2.30. The molecule has 0 heterocycles. The van der Waals surface area contributed by atoms with Gasteiger partial charge < -0.3 is 5.11 Å². The van der Waals surface area contributed by atoms with Gasteiger partial charge in [-0.3, -0.25) is 4.79 Å². The molecule has 1 N–H and O–H groups in total. The molecule has 2 aromatic carbocycles. The first-order valence-electron chi connectivity index (χ1n) is 6.35. The van der Waals surface area contributed by atoms with Gasteiger partial charge in [0.05, 0.1) is 11.4 Å². The van der Waals surface area contributed by atoms with Crippen molar-refractivity contribution in [2.24, 2.45) is 0 Å². The summed E-state index contributed by atoms with van der Waals surface area (Å²) >= 11 is 5.71. The molecule has 0 saturated heterocycles. The van der Waals surface area contributed by atoms with E-state index < -0.39 is 17.6 Å². The minimum Gasteiger partial charge on any atom is -0.481 e. The predicted octanol–water partition coefficient (Wildman–Crippen LogP) is 4.86. The van der Waals surface area contributed by atoms with Gasteiger partial charge in [-0.25, -0.2) is 8.78 Å². The van der Waals surface area contributed by atoms with Crippen molar-refractivity contribution >= 4 is 17.6 Å². The van der Waals surface area contributed by atoms with E-state index in [9.17, 15) is 13.6 Å². The third-order valence-electron chi connectivity index (χ3n) is 3.27. The van der Waals surface area contributed by atoms with Crippen molar-refractivity contribution in [1.29, 1.82) is 0 Å². The fourth-order valence-electron chi connectivity index (χ4n) is 2.11. The third-order valence-corrected chi connectivity index (χ3v) is 3.56. The van der Waals surface area contributed by atoms with E-state index in [2.05, 4.69) is 0 Å². The molecular weight excluding hydrogens is 298 g/mol. The molecule has 5 heteroatoms. The summed E-state index contributed by atoms with van der Waals surface area (Å²) in [7, 11) is 0. The van der Waals surface area contributed by atoms with Gasteiger partial charge in [0.2, 0.25) is 0 Å². The average molecular weight is 311 g/mol. The molecule has 21 heavy (non-hydrogen) atoms. The normalized spacial score (nSPS) is 12.2. The lowest BCUT2D eigenvalue weighted by Crippen LogP contribution is -2.03. The van der Waals surface area contributed by atoms with Gasteiger partial charge in [0.1, 0.15) is 11.6 Å². The van der Waals surface area contributed by atoms with Crippen molar-refractivity contribution in [2.45, 2.75) is 19.3 Å². The molecule has 0 aromatic heterocycles. The number of hydrogen-bond acceptors (Lipinski definition) is 1. The van der Waals surface area contributed by atoms with Crippen LogP contribution in [0.25, 0.3) is 11.1 Å². The number of hydrogen-bond donors (Lipinski definition) is 1. The van der Waals surface area contributed by atoms with E-state index in [0.717, 1.165) is 0 Å². The van der Waals surface area contributed by atoms with E-state index in [1.807, 2.05) is 0 Å². The largest absolute Gasteiger partial charge is 0.481 e. The SMILES string of the molecule is CC(CC(=O)O)c1ccc(F)c(-c2ccc(F)c(Cl)c2)c1. The molecule has 2 aromatic rings. The molecule has 0 saturated carbocycles. The standard InChI is InChI=1S/C16H13ClF2O2/c1-9(6-16(20)21)10-2-4-14(18)12(7-10)11-3-5-15(19)13(17)8-11/h2-5,7-9H,6H2,1H3,(H,20,21). The summed E-state index contributed by atoms with van der Waals surface area (Å²) in [6.45, 7) is 1.75. The molecule has 0 radical (unpaired) electrons. The highest BCUT2D eigenvalue weighted by molar-refractivity contribution is 6.31. The van der Waals surface area contributed by atoms with Gasteiger partial charge >= 0.3 is 5.97 Å². The molecule has 0 aliphatic heterocycles. The monoisotopic (exact) mass is 310 g/mol. The van der Waals surface area contributed by atoms with Crippen molar-refractivity contribution < 1.29 is 18.7 Å². The van der Waals surface area contributed by atoms with Gasteiger partial charge in [-0.1, -0.05) is 30.7 Å². The van der Waals surface area contributed by atoms with Crippen LogP contribution in [0.3, 0.4) is 0 Å². The summed E-state index contributed by atoms with van der Waals surface area (Å²) in [6, 6.07) is 8.36. The Labute approximate surface area is 126 Å². The van der Waals surface area contributed by atoms with E-state index in [-0.39, 0.29) is 22.9 Å². The Morgan fingerprint density at radius 1 is 1.19 bits per heavy atom. The number of carbonyl (C=O) groups is 1. The van der Waals surface area contributed by atoms with Crippen molar-refractivity contribution in [2.75, 3.05) is 0 Å². The van der Waals surface area contributed by atoms with Crippen LogP contribution in [0.5, 0.6) is 0 Å². The Morgan fingerprint density at radius 2 is 1.86 bits per heavy atom. The summed E-state index contributed by atoms with van der Waals surface area (Å²) in [5.74, 6) is -2.21. The number of halogens is 3.